The maximum Gasteiger partial charge on any atom is 0.418 e. The van der Waals surface area contributed by atoms with Gasteiger partial charge in [0.1, 0.15) is 5.00 Å². The number of amides is 4. The number of halogens is 4. The topological polar surface area (TPSA) is 88.2 Å². The third kappa shape index (κ3) is 7.51. The predicted octanol–water partition coefficient (Wildman–Crippen LogP) is 6.14. The SMILES string of the molecule is CNc1c(Cl)cc(C[C@@H](CC(=O)N2CCC(N3Cc4ccsc4NC3=O)CC2)C(=O)N2CCC(N3CCCC3)CC2)cc1C(F)(F)F. The Kier molecular flexibility index (Phi) is 10.2. The summed E-state index contributed by atoms with van der Waals surface area (Å²) in [6, 6.07) is 4.78. The van der Waals surface area contributed by atoms with Crippen molar-refractivity contribution in [1.82, 2.24) is 19.6 Å². The third-order valence-corrected chi connectivity index (χ3v) is 11.4. The van der Waals surface area contributed by atoms with Gasteiger partial charge in [-0.25, -0.2) is 4.79 Å². The molecular formula is C33H42ClF3N6O3S. The van der Waals surface area contributed by atoms with E-state index in [0.717, 1.165) is 42.6 Å². The minimum atomic E-state index is -4.65. The van der Waals surface area contributed by atoms with Crippen LogP contribution < -0.4 is 10.6 Å². The van der Waals surface area contributed by atoms with Gasteiger partial charge in [-0.15, -0.1) is 11.3 Å². The van der Waals surface area contributed by atoms with Gasteiger partial charge >= 0.3 is 12.2 Å². The summed E-state index contributed by atoms with van der Waals surface area (Å²) in [4.78, 5) is 48.4. The maximum atomic E-state index is 14.0. The predicted molar refractivity (Wildman–Crippen MR) is 177 cm³/mol. The summed E-state index contributed by atoms with van der Waals surface area (Å²) in [6.07, 6.45) is 0.503. The zero-order valence-corrected chi connectivity index (χ0v) is 28.2. The molecule has 6 rings (SSSR count). The fraction of sp³-hybridized carbons (Fsp3) is 0.606. The second-order valence-corrected chi connectivity index (χ2v) is 14.4. The number of fused-ring (bicyclic) bond motifs is 1. The lowest BCUT2D eigenvalue weighted by atomic mass is 9.91. The molecule has 0 saturated carbocycles. The lowest BCUT2D eigenvalue weighted by Gasteiger charge is -2.40. The van der Waals surface area contributed by atoms with Gasteiger partial charge in [0.15, 0.2) is 0 Å². The minimum Gasteiger partial charge on any atom is -0.386 e. The van der Waals surface area contributed by atoms with Gasteiger partial charge in [0, 0.05) is 57.3 Å². The number of nitrogens with one attached hydrogen (secondary N) is 2. The summed E-state index contributed by atoms with van der Waals surface area (Å²) >= 11 is 7.80. The normalized spacial score (nSPS) is 20.7. The number of anilines is 2. The molecule has 0 spiro atoms. The molecule has 2 N–H and O–H groups in total. The second-order valence-electron chi connectivity index (χ2n) is 13.1. The number of alkyl halides is 3. The van der Waals surface area contributed by atoms with Crippen molar-refractivity contribution < 1.29 is 27.6 Å². The number of rotatable bonds is 8. The van der Waals surface area contributed by atoms with E-state index >= 15 is 0 Å². The monoisotopic (exact) mass is 694 g/mol. The van der Waals surface area contributed by atoms with Gasteiger partial charge in [-0.1, -0.05) is 11.6 Å². The van der Waals surface area contributed by atoms with E-state index in [1.54, 1.807) is 9.80 Å². The fourth-order valence-corrected chi connectivity index (χ4v) is 8.80. The summed E-state index contributed by atoms with van der Waals surface area (Å²) in [5.41, 5.74) is 0.230. The van der Waals surface area contributed by atoms with Crippen LogP contribution in [0.4, 0.5) is 28.7 Å². The van der Waals surface area contributed by atoms with E-state index in [-0.39, 0.29) is 53.0 Å². The molecule has 3 fully saturated rings. The quantitative estimate of drug-likeness (QED) is 0.347. The van der Waals surface area contributed by atoms with Gasteiger partial charge in [-0.3, -0.25) is 14.9 Å². The summed E-state index contributed by atoms with van der Waals surface area (Å²) in [6.45, 7) is 4.69. The van der Waals surface area contributed by atoms with E-state index in [1.807, 2.05) is 16.3 Å². The number of carbonyl (C=O) groups excluding carboxylic acids is 3. The number of nitrogens with zero attached hydrogens (tertiary/aromatic N) is 4. The second kappa shape index (κ2) is 14.2. The number of hydrogen-bond donors (Lipinski definition) is 2. The molecular weight excluding hydrogens is 653 g/mol. The smallest absolute Gasteiger partial charge is 0.386 e. The lowest BCUT2D eigenvalue weighted by molar-refractivity contribution is -0.143. The van der Waals surface area contributed by atoms with E-state index in [1.165, 1.54) is 37.3 Å². The maximum absolute atomic E-state index is 14.0. The number of thiophene rings is 1. The molecule has 0 unspecified atom stereocenters. The molecule has 9 nitrogen and oxygen atoms in total. The van der Waals surface area contributed by atoms with Crippen molar-refractivity contribution in [1.29, 1.82) is 0 Å². The number of urea groups is 1. The van der Waals surface area contributed by atoms with Crippen LogP contribution in [0.25, 0.3) is 0 Å². The Hall–Kier alpha value is -3.03. The summed E-state index contributed by atoms with van der Waals surface area (Å²) < 4.78 is 41.9. The summed E-state index contributed by atoms with van der Waals surface area (Å²) in [7, 11) is 1.38. The van der Waals surface area contributed by atoms with Crippen LogP contribution in [0.1, 0.15) is 61.6 Å². The number of piperidine rings is 2. The van der Waals surface area contributed by atoms with Gasteiger partial charge in [0.05, 0.1) is 28.7 Å². The molecule has 47 heavy (non-hydrogen) atoms. The number of likely N-dealkylation sites (tertiary alicyclic amines) is 3. The Morgan fingerprint density at radius 2 is 1.68 bits per heavy atom. The standard InChI is InChI=1S/C33H42ClF3N6O3S/c1-38-29-26(33(35,36)37)17-21(18-27(29)34)16-23(31(45)42-13-4-24(5-14-42)40-9-2-3-10-40)19-28(44)41-11-6-25(7-12-41)43-20-22-8-15-47-30(22)39-32(43)46/h8,15,17-18,23-25,38H,2-7,9-14,16,19-20H2,1H3,(H,39,46)/t23-/m0/s1. The average Bonchev–Trinajstić information content (AvgIpc) is 3.76. The zero-order valence-electron chi connectivity index (χ0n) is 26.6. The first kappa shape index (κ1) is 33.9. The first-order chi connectivity index (χ1) is 22.5. The molecule has 0 aliphatic carbocycles. The lowest BCUT2D eigenvalue weighted by Crippen LogP contribution is -2.51. The molecule has 4 aliphatic heterocycles. The van der Waals surface area contributed by atoms with Crippen molar-refractivity contribution in [3.63, 3.8) is 0 Å². The largest absolute Gasteiger partial charge is 0.418 e. The van der Waals surface area contributed by atoms with Crippen LogP contribution in [0.5, 0.6) is 0 Å². The number of benzene rings is 1. The van der Waals surface area contributed by atoms with Crippen LogP contribution in [0.3, 0.4) is 0 Å². The fourth-order valence-electron chi connectivity index (χ4n) is 7.66. The van der Waals surface area contributed by atoms with Crippen LogP contribution >= 0.6 is 22.9 Å². The minimum absolute atomic E-state index is 0.0185. The molecule has 5 heterocycles. The molecule has 0 radical (unpaired) electrons. The Labute approximate surface area is 282 Å². The molecule has 4 aliphatic rings. The highest BCUT2D eigenvalue weighted by Gasteiger charge is 2.38. The van der Waals surface area contributed by atoms with Crippen LogP contribution in [0.2, 0.25) is 5.02 Å². The molecule has 1 aromatic carbocycles. The summed E-state index contributed by atoms with van der Waals surface area (Å²) in [5, 5.41) is 8.24. The van der Waals surface area contributed by atoms with E-state index < -0.39 is 17.7 Å². The number of carbonyl (C=O) groups is 3. The van der Waals surface area contributed by atoms with Gasteiger partial charge in [-0.2, -0.15) is 13.2 Å². The van der Waals surface area contributed by atoms with E-state index in [9.17, 15) is 27.6 Å². The molecule has 1 atom stereocenters. The number of hydrogen-bond acceptors (Lipinski definition) is 6. The molecule has 256 valence electrons. The Morgan fingerprint density at radius 1 is 1.02 bits per heavy atom. The highest BCUT2D eigenvalue weighted by atomic mass is 35.5. The van der Waals surface area contributed by atoms with Crippen molar-refractivity contribution in [3.8, 4) is 0 Å². The first-order valence-electron chi connectivity index (χ1n) is 16.5. The molecule has 1 aromatic heterocycles. The van der Waals surface area contributed by atoms with Gasteiger partial charge in [0.25, 0.3) is 0 Å². The molecule has 14 heteroatoms. The van der Waals surface area contributed by atoms with Crippen molar-refractivity contribution in [2.75, 3.05) is 56.9 Å². The van der Waals surface area contributed by atoms with E-state index in [0.29, 0.717) is 51.6 Å². The highest BCUT2D eigenvalue weighted by molar-refractivity contribution is 7.14. The van der Waals surface area contributed by atoms with Gasteiger partial charge in [0.2, 0.25) is 11.8 Å². The molecule has 0 bridgehead atoms. The van der Waals surface area contributed by atoms with Crippen LogP contribution in [-0.4, -0.2) is 95.8 Å². The molecule has 3 saturated heterocycles. The van der Waals surface area contributed by atoms with Gasteiger partial charge < -0.3 is 24.9 Å². The highest BCUT2D eigenvalue weighted by Crippen LogP contribution is 2.40. The third-order valence-electron chi connectivity index (χ3n) is 10.2. The Balaban J connectivity index is 1.15. The Bertz CT molecular complexity index is 1470. The van der Waals surface area contributed by atoms with Crippen molar-refractivity contribution in [3.05, 3.63) is 45.3 Å². The average molecular weight is 695 g/mol. The van der Waals surface area contributed by atoms with E-state index in [4.69, 9.17) is 11.6 Å². The summed E-state index contributed by atoms with van der Waals surface area (Å²) in [5.74, 6) is -1.23. The van der Waals surface area contributed by atoms with E-state index in [2.05, 4.69) is 15.5 Å². The van der Waals surface area contributed by atoms with Crippen LogP contribution in [0.15, 0.2) is 23.6 Å². The molecule has 2 aromatic rings. The van der Waals surface area contributed by atoms with Crippen LogP contribution in [-0.2, 0) is 28.7 Å². The Morgan fingerprint density at radius 3 is 2.34 bits per heavy atom. The first-order valence-corrected chi connectivity index (χ1v) is 17.8. The van der Waals surface area contributed by atoms with Gasteiger partial charge in [-0.05, 0) is 87.2 Å². The van der Waals surface area contributed by atoms with Crippen molar-refractivity contribution in [2.45, 2.75) is 76.2 Å². The molecule has 4 amide bonds. The van der Waals surface area contributed by atoms with Crippen LogP contribution in [0, 0.1) is 5.92 Å². The van der Waals surface area contributed by atoms with Crippen molar-refractivity contribution in [2.24, 2.45) is 5.92 Å². The zero-order chi connectivity index (χ0) is 33.3. The van der Waals surface area contributed by atoms with Crippen molar-refractivity contribution >= 4 is 51.5 Å².